The maximum atomic E-state index is 12.9. The first-order chi connectivity index (χ1) is 20.3. The number of carbonyl (C=O) groups is 2. The fraction of sp³-hybridized carbons (Fsp3) is 0.171. The Labute approximate surface area is 243 Å². The Morgan fingerprint density at radius 3 is 2.29 bits per heavy atom. The first-order valence-corrected chi connectivity index (χ1v) is 13.9. The van der Waals surface area contributed by atoms with E-state index >= 15 is 0 Å². The van der Waals surface area contributed by atoms with Crippen LogP contribution in [0.1, 0.15) is 44.1 Å². The normalized spacial score (nSPS) is 11.3. The van der Waals surface area contributed by atoms with Gasteiger partial charge in [-0.1, -0.05) is 71.4 Å². The van der Waals surface area contributed by atoms with Crippen molar-refractivity contribution in [3.8, 4) is 11.1 Å². The van der Waals surface area contributed by atoms with Crippen LogP contribution in [-0.4, -0.2) is 21.6 Å². The molecule has 0 aliphatic rings. The number of fused-ring (bicyclic) bond motifs is 3. The monoisotopic (exact) mass is 557 g/mol. The van der Waals surface area contributed by atoms with Gasteiger partial charge in [0.1, 0.15) is 12.4 Å². The van der Waals surface area contributed by atoms with Crippen LogP contribution in [0.4, 0.5) is 0 Å². The molecule has 6 aromatic rings. The van der Waals surface area contributed by atoms with E-state index in [9.17, 15) is 9.59 Å². The van der Waals surface area contributed by atoms with Gasteiger partial charge >= 0.3 is 5.97 Å². The van der Waals surface area contributed by atoms with E-state index in [1.807, 2.05) is 87.5 Å². The number of nitrogens with zero attached hydrogens (tertiary/aromatic N) is 2. The molecule has 0 spiro atoms. The van der Waals surface area contributed by atoms with Crippen LogP contribution in [0.3, 0.4) is 0 Å². The quantitative estimate of drug-likeness (QED) is 0.207. The molecule has 2 heterocycles. The van der Waals surface area contributed by atoms with E-state index in [-0.39, 0.29) is 19.0 Å². The number of hydrogen-bond acceptors (Lipinski definition) is 5. The number of hydrogen-bond donors (Lipinski definition) is 1. The molecule has 1 amide bonds. The molecule has 0 bridgehead atoms. The number of primary amides is 1. The fourth-order valence-corrected chi connectivity index (χ4v) is 5.62. The van der Waals surface area contributed by atoms with Gasteiger partial charge in [0.2, 0.25) is 5.91 Å². The van der Waals surface area contributed by atoms with Gasteiger partial charge in [0.25, 0.3) is 0 Å². The smallest absolute Gasteiger partial charge is 0.310 e. The lowest BCUT2D eigenvalue weighted by Crippen LogP contribution is -2.12. The molecule has 2 aromatic heterocycles. The highest BCUT2D eigenvalue weighted by Gasteiger charge is 2.22. The van der Waals surface area contributed by atoms with Gasteiger partial charge in [-0.05, 0) is 67.3 Å². The minimum Gasteiger partial charge on any atom is -0.461 e. The van der Waals surface area contributed by atoms with Gasteiger partial charge in [-0.2, -0.15) is 0 Å². The standard InChI is InChI=1S/C35H31N3O4/c1-21-9-11-25(12-10-21)20-41-32(39)16-26-13-14-30-28(15-26)34-29(35(36)40)17-27(33-22(2)37-42-23(33)3)18-31(34)38(30)19-24-7-5-4-6-8-24/h4-15,17-18H,16,19-20H2,1-3H3,(H2,36,40). The van der Waals surface area contributed by atoms with Gasteiger partial charge in [-0.3, -0.25) is 9.59 Å². The molecule has 7 heteroatoms. The highest BCUT2D eigenvalue weighted by molar-refractivity contribution is 6.19. The molecule has 2 N–H and O–H groups in total. The highest BCUT2D eigenvalue weighted by Crippen LogP contribution is 2.38. The molecule has 210 valence electrons. The van der Waals surface area contributed by atoms with Gasteiger partial charge in [-0.25, -0.2) is 0 Å². The first kappa shape index (κ1) is 27.0. The average molecular weight is 558 g/mol. The van der Waals surface area contributed by atoms with E-state index in [1.165, 1.54) is 0 Å². The number of benzene rings is 4. The lowest BCUT2D eigenvalue weighted by atomic mass is 9.97. The molecular weight excluding hydrogens is 526 g/mol. The van der Waals surface area contributed by atoms with Gasteiger partial charge in [0, 0.05) is 34.0 Å². The van der Waals surface area contributed by atoms with Crippen LogP contribution in [0.15, 0.2) is 89.5 Å². The molecular formula is C35H31N3O4. The first-order valence-electron chi connectivity index (χ1n) is 13.9. The second-order valence-corrected chi connectivity index (χ2v) is 10.7. The fourth-order valence-electron chi connectivity index (χ4n) is 5.62. The lowest BCUT2D eigenvalue weighted by Gasteiger charge is -2.10. The van der Waals surface area contributed by atoms with Crippen molar-refractivity contribution in [1.82, 2.24) is 9.72 Å². The largest absolute Gasteiger partial charge is 0.461 e. The van der Waals surface area contributed by atoms with Gasteiger partial charge < -0.3 is 19.6 Å². The predicted octanol–water partition coefficient (Wildman–Crippen LogP) is 6.81. The van der Waals surface area contributed by atoms with Crippen molar-refractivity contribution in [1.29, 1.82) is 0 Å². The summed E-state index contributed by atoms with van der Waals surface area (Å²) >= 11 is 0. The molecule has 0 unspecified atom stereocenters. The van der Waals surface area contributed by atoms with Crippen molar-refractivity contribution in [2.24, 2.45) is 5.73 Å². The molecule has 0 atom stereocenters. The number of ether oxygens (including phenoxy) is 1. The van der Waals surface area contributed by atoms with E-state index in [4.69, 9.17) is 15.0 Å². The Bertz CT molecular complexity index is 1930. The van der Waals surface area contributed by atoms with E-state index < -0.39 is 5.91 Å². The summed E-state index contributed by atoms with van der Waals surface area (Å²) in [4.78, 5) is 25.7. The maximum absolute atomic E-state index is 12.9. The summed E-state index contributed by atoms with van der Waals surface area (Å²) in [5.41, 5.74) is 14.6. The molecule has 42 heavy (non-hydrogen) atoms. The molecule has 4 aromatic carbocycles. The third kappa shape index (κ3) is 5.17. The zero-order chi connectivity index (χ0) is 29.4. The summed E-state index contributed by atoms with van der Waals surface area (Å²) in [7, 11) is 0. The van der Waals surface area contributed by atoms with E-state index in [0.29, 0.717) is 17.9 Å². The van der Waals surface area contributed by atoms with Crippen LogP contribution in [0, 0.1) is 20.8 Å². The van der Waals surface area contributed by atoms with E-state index in [0.717, 1.165) is 60.9 Å². The number of carbonyl (C=O) groups excluding carboxylic acids is 2. The van der Waals surface area contributed by atoms with Crippen molar-refractivity contribution in [3.63, 3.8) is 0 Å². The van der Waals surface area contributed by atoms with Crippen LogP contribution in [-0.2, 0) is 29.1 Å². The zero-order valence-electron chi connectivity index (χ0n) is 23.8. The molecule has 0 saturated heterocycles. The molecule has 0 aliphatic heterocycles. The van der Waals surface area contributed by atoms with Crippen LogP contribution < -0.4 is 5.73 Å². The molecule has 6 rings (SSSR count). The van der Waals surface area contributed by atoms with Gasteiger partial charge in [0.15, 0.2) is 0 Å². The predicted molar refractivity (Wildman–Crippen MR) is 163 cm³/mol. The zero-order valence-corrected chi connectivity index (χ0v) is 23.8. The van der Waals surface area contributed by atoms with Crippen molar-refractivity contribution >= 4 is 33.7 Å². The van der Waals surface area contributed by atoms with Crippen molar-refractivity contribution in [2.75, 3.05) is 0 Å². The lowest BCUT2D eigenvalue weighted by molar-refractivity contribution is -0.144. The Kier molecular flexibility index (Phi) is 7.08. The Morgan fingerprint density at radius 1 is 0.857 bits per heavy atom. The summed E-state index contributed by atoms with van der Waals surface area (Å²) in [6.45, 7) is 6.55. The minimum absolute atomic E-state index is 0.107. The third-order valence-corrected chi connectivity index (χ3v) is 7.67. The Hall–Kier alpha value is -5.17. The number of amides is 1. The SMILES string of the molecule is Cc1ccc(COC(=O)Cc2ccc3c(c2)c2c(C(N)=O)cc(-c4c(C)noc4C)cc2n3Cc2ccccc2)cc1. The molecule has 0 fully saturated rings. The van der Waals surface area contributed by atoms with Crippen LogP contribution >= 0.6 is 0 Å². The van der Waals surface area contributed by atoms with Crippen LogP contribution in [0.2, 0.25) is 0 Å². The van der Waals surface area contributed by atoms with Crippen molar-refractivity contribution in [2.45, 2.75) is 40.3 Å². The van der Waals surface area contributed by atoms with Crippen LogP contribution in [0.25, 0.3) is 32.9 Å². The topological polar surface area (TPSA) is 100 Å². The summed E-state index contributed by atoms with van der Waals surface area (Å²) < 4.78 is 13.2. The number of nitrogens with two attached hydrogens (primary N) is 1. The third-order valence-electron chi connectivity index (χ3n) is 7.67. The highest BCUT2D eigenvalue weighted by atomic mass is 16.5. The van der Waals surface area contributed by atoms with E-state index in [1.54, 1.807) is 0 Å². The van der Waals surface area contributed by atoms with E-state index in [2.05, 4.69) is 27.9 Å². The molecule has 7 nitrogen and oxygen atoms in total. The Morgan fingerprint density at radius 2 is 1.60 bits per heavy atom. The molecule has 0 saturated carbocycles. The number of aryl methyl sites for hydroxylation is 3. The van der Waals surface area contributed by atoms with Crippen molar-refractivity contribution < 1.29 is 18.8 Å². The molecule has 0 radical (unpaired) electrons. The average Bonchev–Trinajstić information content (AvgIpc) is 3.48. The summed E-state index contributed by atoms with van der Waals surface area (Å²) in [5.74, 6) is -0.187. The summed E-state index contributed by atoms with van der Waals surface area (Å²) in [6.07, 6.45) is 0.107. The number of esters is 1. The second kappa shape index (κ2) is 11.0. The maximum Gasteiger partial charge on any atom is 0.310 e. The number of aromatic nitrogens is 2. The Balaban J connectivity index is 1.46. The van der Waals surface area contributed by atoms with Gasteiger partial charge in [0.05, 0.1) is 17.6 Å². The second-order valence-electron chi connectivity index (χ2n) is 10.7. The summed E-state index contributed by atoms with van der Waals surface area (Å²) in [6, 6.07) is 27.8. The summed E-state index contributed by atoms with van der Waals surface area (Å²) in [5, 5.41) is 5.72. The van der Waals surface area contributed by atoms with Gasteiger partial charge in [-0.15, -0.1) is 0 Å². The number of rotatable bonds is 8. The van der Waals surface area contributed by atoms with Crippen LogP contribution in [0.5, 0.6) is 0 Å². The van der Waals surface area contributed by atoms with Crippen molar-refractivity contribution in [3.05, 3.63) is 124 Å². The minimum atomic E-state index is -0.532. The molecule has 0 aliphatic carbocycles.